The molecule has 0 saturated carbocycles. The van der Waals surface area contributed by atoms with Crippen LogP contribution in [0.2, 0.25) is 0 Å². The lowest BCUT2D eigenvalue weighted by molar-refractivity contribution is 0.102. The number of carbonyl (C=O) groups excluding carboxylic acids is 1. The van der Waals surface area contributed by atoms with Crippen molar-refractivity contribution < 1.29 is 9.21 Å². The smallest absolute Gasteiger partial charge is 0.260 e. The van der Waals surface area contributed by atoms with Crippen LogP contribution in [0.25, 0.3) is 5.88 Å². The molecule has 24 heavy (non-hydrogen) atoms. The van der Waals surface area contributed by atoms with Crippen LogP contribution < -0.4 is 5.32 Å². The van der Waals surface area contributed by atoms with Gasteiger partial charge in [0.1, 0.15) is 23.0 Å². The van der Waals surface area contributed by atoms with Crippen molar-refractivity contribution in [3.8, 4) is 12.0 Å². The van der Waals surface area contributed by atoms with Gasteiger partial charge in [-0.15, -0.1) is 0 Å². The first-order chi connectivity index (χ1) is 11.5. The number of amides is 1. The van der Waals surface area contributed by atoms with Crippen LogP contribution in [0.4, 0.5) is 5.69 Å². The molecule has 0 saturated heterocycles. The first kappa shape index (κ1) is 15.6. The molecule has 0 aliphatic rings. The number of nitrogens with zero attached hydrogens (tertiary/aromatic N) is 2. The third-order valence-corrected chi connectivity index (χ3v) is 4.10. The maximum atomic E-state index is 12.7. The van der Waals surface area contributed by atoms with Crippen LogP contribution in [0.1, 0.15) is 32.8 Å². The maximum Gasteiger partial charge on any atom is 0.260 e. The molecule has 120 valence electrons. The van der Waals surface area contributed by atoms with Crippen molar-refractivity contribution in [2.45, 2.75) is 20.8 Å². The minimum absolute atomic E-state index is 0.228. The fraction of sp³-hybridized carbons (Fsp3) is 0.158. The number of anilines is 1. The summed E-state index contributed by atoms with van der Waals surface area (Å²) in [5.74, 6) is 0.420. The molecule has 2 aromatic heterocycles. The summed E-state index contributed by atoms with van der Waals surface area (Å²) in [6, 6.07) is 11.5. The van der Waals surface area contributed by atoms with E-state index in [4.69, 9.17) is 4.42 Å². The highest BCUT2D eigenvalue weighted by molar-refractivity contribution is 6.07. The summed E-state index contributed by atoms with van der Waals surface area (Å²) in [5.41, 5.74) is 3.31. The van der Waals surface area contributed by atoms with Crippen LogP contribution in [0.15, 0.2) is 47.1 Å². The molecular formula is C19H17N3O2. The lowest BCUT2D eigenvalue weighted by Crippen LogP contribution is -2.15. The quantitative estimate of drug-likeness (QED) is 0.789. The number of benzene rings is 1. The SMILES string of the molecule is Cc1cccc(NC(=O)c2c(C)oc(-n3cccc3)c2C#N)c1C. The number of nitrogens with one attached hydrogen (secondary N) is 1. The van der Waals surface area contributed by atoms with Crippen molar-refractivity contribution in [2.24, 2.45) is 0 Å². The second-order valence-electron chi connectivity index (χ2n) is 5.62. The predicted molar refractivity (Wildman–Crippen MR) is 91.4 cm³/mol. The third-order valence-electron chi connectivity index (χ3n) is 4.10. The summed E-state index contributed by atoms with van der Waals surface area (Å²) in [6.45, 7) is 5.62. The Labute approximate surface area is 140 Å². The van der Waals surface area contributed by atoms with E-state index in [1.807, 2.05) is 44.2 Å². The molecule has 5 nitrogen and oxygen atoms in total. The van der Waals surface area contributed by atoms with Gasteiger partial charge in [0.05, 0.1) is 0 Å². The molecule has 0 aliphatic heterocycles. The number of furan rings is 1. The molecule has 0 fully saturated rings. The van der Waals surface area contributed by atoms with E-state index in [0.29, 0.717) is 11.6 Å². The Morgan fingerprint density at radius 2 is 1.88 bits per heavy atom. The monoisotopic (exact) mass is 319 g/mol. The Morgan fingerprint density at radius 1 is 1.17 bits per heavy atom. The molecule has 2 heterocycles. The molecule has 0 aliphatic carbocycles. The highest BCUT2D eigenvalue weighted by atomic mass is 16.4. The number of carbonyl (C=O) groups is 1. The van der Waals surface area contributed by atoms with Crippen molar-refractivity contribution in [2.75, 3.05) is 5.32 Å². The first-order valence-electron chi connectivity index (χ1n) is 7.57. The molecule has 0 unspecified atom stereocenters. The Bertz CT molecular complexity index is 944. The zero-order valence-corrected chi connectivity index (χ0v) is 13.8. The zero-order valence-electron chi connectivity index (χ0n) is 13.8. The van der Waals surface area contributed by atoms with E-state index in [-0.39, 0.29) is 17.0 Å². The molecule has 1 amide bonds. The summed E-state index contributed by atoms with van der Waals surface area (Å²) in [4.78, 5) is 12.7. The van der Waals surface area contributed by atoms with Crippen LogP contribution in [0.5, 0.6) is 0 Å². The fourth-order valence-electron chi connectivity index (χ4n) is 2.63. The van der Waals surface area contributed by atoms with Gasteiger partial charge in [0.15, 0.2) is 0 Å². The van der Waals surface area contributed by atoms with Crippen LogP contribution in [0, 0.1) is 32.1 Å². The molecule has 3 rings (SSSR count). The molecule has 0 spiro atoms. The minimum Gasteiger partial charge on any atom is -0.443 e. The average Bonchev–Trinajstić information content (AvgIpc) is 3.18. The second kappa shape index (κ2) is 6.09. The van der Waals surface area contributed by atoms with Crippen LogP contribution in [-0.2, 0) is 0 Å². The lowest BCUT2D eigenvalue weighted by Gasteiger charge is -2.10. The average molecular weight is 319 g/mol. The third kappa shape index (κ3) is 2.59. The first-order valence-corrected chi connectivity index (χ1v) is 7.57. The van der Waals surface area contributed by atoms with Gasteiger partial charge < -0.3 is 9.73 Å². The van der Waals surface area contributed by atoms with Gasteiger partial charge in [-0.3, -0.25) is 9.36 Å². The number of hydrogen-bond donors (Lipinski definition) is 1. The summed E-state index contributed by atoms with van der Waals surface area (Å²) in [6.07, 6.45) is 3.54. The van der Waals surface area contributed by atoms with Gasteiger partial charge in [0, 0.05) is 18.1 Å². The van der Waals surface area contributed by atoms with E-state index in [1.165, 1.54) is 0 Å². The van der Waals surface area contributed by atoms with Crippen molar-refractivity contribution in [1.82, 2.24) is 4.57 Å². The Hall–Kier alpha value is -3.26. The van der Waals surface area contributed by atoms with Gasteiger partial charge in [-0.05, 0) is 50.1 Å². The molecule has 1 aromatic carbocycles. The van der Waals surface area contributed by atoms with Gasteiger partial charge >= 0.3 is 0 Å². The van der Waals surface area contributed by atoms with Gasteiger partial charge in [-0.25, -0.2) is 0 Å². The van der Waals surface area contributed by atoms with Crippen molar-refractivity contribution >= 4 is 11.6 Å². The number of rotatable bonds is 3. The van der Waals surface area contributed by atoms with Crippen molar-refractivity contribution in [1.29, 1.82) is 5.26 Å². The topological polar surface area (TPSA) is 71.0 Å². The molecule has 0 bridgehead atoms. The van der Waals surface area contributed by atoms with Crippen LogP contribution >= 0.6 is 0 Å². The van der Waals surface area contributed by atoms with Gasteiger partial charge in [0.25, 0.3) is 5.91 Å². The van der Waals surface area contributed by atoms with E-state index in [9.17, 15) is 10.1 Å². The Balaban J connectivity index is 2.02. The van der Waals surface area contributed by atoms with Crippen molar-refractivity contribution in [3.05, 3.63) is 70.7 Å². The normalized spacial score (nSPS) is 10.4. The standard InChI is InChI=1S/C19H17N3O2/c1-12-7-6-8-16(13(12)2)21-18(23)17-14(3)24-19(15(17)11-20)22-9-4-5-10-22/h4-10H,1-3H3,(H,21,23). The van der Waals surface area contributed by atoms with E-state index < -0.39 is 0 Å². The molecule has 1 N–H and O–H groups in total. The number of aryl methyl sites for hydroxylation is 2. The number of aromatic nitrogens is 1. The minimum atomic E-state index is -0.347. The lowest BCUT2D eigenvalue weighted by atomic mass is 10.1. The Kier molecular flexibility index (Phi) is 3.97. The van der Waals surface area contributed by atoms with Crippen LogP contribution in [0.3, 0.4) is 0 Å². The summed E-state index contributed by atoms with van der Waals surface area (Å²) >= 11 is 0. The predicted octanol–water partition coefficient (Wildman–Crippen LogP) is 4.12. The largest absolute Gasteiger partial charge is 0.443 e. The van der Waals surface area contributed by atoms with E-state index in [2.05, 4.69) is 11.4 Å². The summed E-state index contributed by atoms with van der Waals surface area (Å²) in [7, 11) is 0. The van der Waals surface area contributed by atoms with Crippen molar-refractivity contribution in [3.63, 3.8) is 0 Å². The van der Waals surface area contributed by atoms with Crippen LogP contribution in [-0.4, -0.2) is 10.5 Å². The Morgan fingerprint density at radius 3 is 2.54 bits per heavy atom. The van der Waals surface area contributed by atoms with Gasteiger partial charge in [-0.2, -0.15) is 5.26 Å². The molecule has 5 heteroatoms. The molecule has 0 radical (unpaired) electrons. The highest BCUT2D eigenvalue weighted by Crippen LogP contribution is 2.27. The molecule has 3 aromatic rings. The zero-order chi connectivity index (χ0) is 17.3. The summed E-state index contributed by atoms with van der Waals surface area (Å²) in [5, 5.41) is 12.4. The maximum absolute atomic E-state index is 12.7. The number of hydrogen-bond acceptors (Lipinski definition) is 3. The molecule has 0 atom stereocenters. The van der Waals surface area contributed by atoms with E-state index in [1.54, 1.807) is 23.9 Å². The van der Waals surface area contributed by atoms with E-state index >= 15 is 0 Å². The van der Waals surface area contributed by atoms with Gasteiger partial charge in [0.2, 0.25) is 5.88 Å². The molecular weight excluding hydrogens is 302 g/mol. The fourth-order valence-corrected chi connectivity index (χ4v) is 2.63. The summed E-state index contributed by atoms with van der Waals surface area (Å²) < 4.78 is 7.35. The van der Waals surface area contributed by atoms with E-state index in [0.717, 1.165) is 16.8 Å². The van der Waals surface area contributed by atoms with Gasteiger partial charge in [-0.1, -0.05) is 12.1 Å². The second-order valence-corrected chi connectivity index (χ2v) is 5.62. The highest BCUT2D eigenvalue weighted by Gasteiger charge is 2.24. The number of nitriles is 1.